The van der Waals surface area contributed by atoms with Gasteiger partial charge >= 0.3 is 0 Å². The van der Waals surface area contributed by atoms with Crippen LogP contribution < -0.4 is 10.1 Å². The summed E-state index contributed by atoms with van der Waals surface area (Å²) in [5.41, 5.74) is -0.0446. The molecular weight excluding hydrogens is 240 g/mol. The summed E-state index contributed by atoms with van der Waals surface area (Å²) in [6, 6.07) is 9.61. The molecule has 0 aliphatic heterocycles. The third-order valence-corrected chi connectivity index (χ3v) is 2.63. The van der Waals surface area contributed by atoms with Crippen LogP contribution in [-0.4, -0.2) is 43.1 Å². The minimum atomic E-state index is -0.0446. The number of ether oxygens (including phenoxy) is 1. The van der Waals surface area contributed by atoms with Crippen molar-refractivity contribution >= 4 is 5.91 Å². The van der Waals surface area contributed by atoms with Crippen LogP contribution in [0.3, 0.4) is 0 Å². The molecule has 1 N–H and O–H groups in total. The number of para-hydroxylation sites is 1. The molecule has 0 bridgehead atoms. The summed E-state index contributed by atoms with van der Waals surface area (Å²) in [4.78, 5) is 13.5. The Balaban J connectivity index is 2.23. The summed E-state index contributed by atoms with van der Waals surface area (Å²) >= 11 is 0. The van der Waals surface area contributed by atoms with Crippen LogP contribution in [0.2, 0.25) is 0 Å². The quantitative estimate of drug-likeness (QED) is 0.853. The van der Waals surface area contributed by atoms with Gasteiger partial charge in [0.25, 0.3) is 0 Å². The lowest BCUT2D eigenvalue weighted by molar-refractivity contribution is -0.129. The Hall–Kier alpha value is -1.55. The molecule has 0 spiro atoms. The van der Waals surface area contributed by atoms with Crippen molar-refractivity contribution < 1.29 is 9.53 Å². The molecule has 0 unspecified atom stereocenters. The summed E-state index contributed by atoms with van der Waals surface area (Å²) in [5.74, 6) is 0.905. The fraction of sp³-hybridized carbons (Fsp3) is 0.533. The molecule has 1 aromatic rings. The standard InChI is InChI=1S/C15H24N2O2/c1-15(2,3)16-12-14(18)17(4)10-11-19-13-8-6-5-7-9-13/h5-9,16H,10-12H2,1-4H3. The van der Waals surface area contributed by atoms with Crippen LogP contribution in [0.15, 0.2) is 30.3 Å². The number of hydrogen-bond donors (Lipinski definition) is 1. The first-order chi connectivity index (χ1) is 8.88. The fourth-order valence-electron chi connectivity index (χ4n) is 1.42. The second-order valence-corrected chi connectivity index (χ2v) is 5.58. The zero-order chi connectivity index (χ0) is 14.3. The monoisotopic (exact) mass is 264 g/mol. The lowest BCUT2D eigenvalue weighted by Crippen LogP contribution is -2.44. The van der Waals surface area contributed by atoms with Crippen molar-refractivity contribution in [1.29, 1.82) is 0 Å². The average molecular weight is 264 g/mol. The number of nitrogens with one attached hydrogen (secondary N) is 1. The second kappa shape index (κ2) is 7.14. The van der Waals surface area contributed by atoms with Crippen molar-refractivity contribution in [1.82, 2.24) is 10.2 Å². The normalized spacial score (nSPS) is 11.2. The van der Waals surface area contributed by atoms with E-state index in [1.165, 1.54) is 0 Å². The molecular formula is C15H24N2O2. The van der Waals surface area contributed by atoms with Gasteiger partial charge < -0.3 is 15.0 Å². The molecule has 0 aliphatic rings. The van der Waals surface area contributed by atoms with E-state index in [-0.39, 0.29) is 11.4 Å². The van der Waals surface area contributed by atoms with E-state index in [1.807, 2.05) is 51.1 Å². The molecule has 4 heteroatoms. The molecule has 4 nitrogen and oxygen atoms in total. The highest BCUT2D eigenvalue weighted by Crippen LogP contribution is 2.07. The van der Waals surface area contributed by atoms with Crippen LogP contribution in [-0.2, 0) is 4.79 Å². The van der Waals surface area contributed by atoms with E-state index in [4.69, 9.17) is 4.74 Å². The molecule has 0 radical (unpaired) electrons. The van der Waals surface area contributed by atoms with Gasteiger partial charge in [-0.2, -0.15) is 0 Å². The number of benzene rings is 1. The maximum absolute atomic E-state index is 11.8. The minimum Gasteiger partial charge on any atom is -0.492 e. The van der Waals surface area contributed by atoms with Crippen molar-refractivity contribution in [3.63, 3.8) is 0 Å². The Morgan fingerprint density at radius 3 is 2.47 bits per heavy atom. The topological polar surface area (TPSA) is 41.6 Å². The van der Waals surface area contributed by atoms with Gasteiger partial charge in [-0.15, -0.1) is 0 Å². The average Bonchev–Trinajstić information content (AvgIpc) is 2.36. The molecule has 1 aromatic carbocycles. The number of rotatable bonds is 6. The van der Waals surface area contributed by atoms with E-state index >= 15 is 0 Å². The van der Waals surface area contributed by atoms with Crippen LogP contribution in [0.5, 0.6) is 5.75 Å². The number of likely N-dealkylation sites (N-methyl/N-ethyl adjacent to an activating group) is 1. The SMILES string of the molecule is CN(CCOc1ccccc1)C(=O)CNC(C)(C)C. The van der Waals surface area contributed by atoms with Crippen molar-refractivity contribution in [3.8, 4) is 5.75 Å². The lowest BCUT2D eigenvalue weighted by atomic mass is 10.1. The molecule has 0 aliphatic carbocycles. The van der Waals surface area contributed by atoms with Gasteiger partial charge in [0.1, 0.15) is 12.4 Å². The number of carbonyl (C=O) groups is 1. The molecule has 19 heavy (non-hydrogen) atoms. The van der Waals surface area contributed by atoms with E-state index < -0.39 is 0 Å². The maximum atomic E-state index is 11.8. The van der Waals surface area contributed by atoms with Gasteiger partial charge in [-0.25, -0.2) is 0 Å². The molecule has 0 saturated carbocycles. The maximum Gasteiger partial charge on any atom is 0.236 e. The number of amides is 1. The number of carbonyl (C=O) groups excluding carboxylic acids is 1. The number of hydrogen-bond acceptors (Lipinski definition) is 3. The zero-order valence-corrected chi connectivity index (χ0v) is 12.3. The van der Waals surface area contributed by atoms with Crippen molar-refractivity contribution in [2.24, 2.45) is 0 Å². The predicted molar refractivity (Wildman–Crippen MR) is 77.3 cm³/mol. The summed E-state index contributed by atoms with van der Waals surface area (Å²) in [6.45, 7) is 7.56. The molecule has 1 rings (SSSR count). The van der Waals surface area contributed by atoms with Crippen LogP contribution in [0, 0.1) is 0 Å². The van der Waals surface area contributed by atoms with Crippen LogP contribution in [0.25, 0.3) is 0 Å². The highest BCUT2D eigenvalue weighted by atomic mass is 16.5. The predicted octanol–water partition coefficient (Wildman–Crippen LogP) is 1.91. The van der Waals surface area contributed by atoms with Crippen LogP contribution in [0.1, 0.15) is 20.8 Å². The first kappa shape index (κ1) is 15.5. The molecule has 1 amide bonds. The minimum absolute atomic E-state index is 0.0446. The summed E-state index contributed by atoms with van der Waals surface area (Å²) in [7, 11) is 1.79. The van der Waals surface area contributed by atoms with Gasteiger partial charge in [0.15, 0.2) is 0 Å². The van der Waals surface area contributed by atoms with Gasteiger partial charge in [0.2, 0.25) is 5.91 Å². The highest BCUT2D eigenvalue weighted by molar-refractivity contribution is 5.78. The van der Waals surface area contributed by atoms with Crippen molar-refractivity contribution in [3.05, 3.63) is 30.3 Å². The van der Waals surface area contributed by atoms with Crippen molar-refractivity contribution in [2.75, 3.05) is 26.7 Å². The third-order valence-electron chi connectivity index (χ3n) is 2.63. The molecule has 0 fully saturated rings. The molecule has 0 atom stereocenters. The number of nitrogens with zero attached hydrogens (tertiary/aromatic N) is 1. The third kappa shape index (κ3) is 6.82. The molecule has 106 valence electrons. The van der Waals surface area contributed by atoms with E-state index in [2.05, 4.69) is 5.32 Å². The fourth-order valence-corrected chi connectivity index (χ4v) is 1.42. The first-order valence-electron chi connectivity index (χ1n) is 6.55. The summed E-state index contributed by atoms with van der Waals surface area (Å²) in [6.07, 6.45) is 0. The van der Waals surface area contributed by atoms with Crippen LogP contribution >= 0.6 is 0 Å². The van der Waals surface area contributed by atoms with Gasteiger partial charge in [-0.3, -0.25) is 4.79 Å². The van der Waals surface area contributed by atoms with E-state index in [0.717, 1.165) is 5.75 Å². The Bertz CT molecular complexity index is 385. The van der Waals surface area contributed by atoms with E-state index in [1.54, 1.807) is 11.9 Å². The van der Waals surface area contributed by atoms with Gasteiger partial charge in [-0.05, 0) is 32.9 Å². The summed E-state index contributed by atoms with van der Waals surface area (Å²) in [5, 5.41) is 3.18. The van der Waals surface area contributed by atoms with Crippen LogP contribution in [0.4, 0.5) is 0 Å². The Morgan fingerprint density at radius 2 is 1.89 bits per heavy atom. The van der Waals surface area contributed by atoms with Gasteiger partial charge in [0.05, 0.1) is 13.1 Å². The smallest absolute Gasteiger partial charge is 0.236 e. The van der Waals surface area contributed by atoms with E-state index in [0.29, 0.717) is 19.7 Å². The highest BCUT2D eigenvalue weighted by Gasteiger charge is 2.13. The van der Waals surface area contributed by atoms with E-state index in [9.17, 15) is 4.79 Å². The van der Waals surface area contributed by atoms with Gasteiger partial charge in [0, 0.05) is 12.6 Å². The Morgan fingerprint density at radius 1 is 1.26 bits per heavy atom. The van der Waals surface area contributed by atoms with Crippen molar-refractivity contribution in [2.45, 2.75) is 26.3 Å². The molecule has 0 heterocycles. The largest absolute Gasteiger partial charge is 0.492 e. The summed E-state index contributed by atoms with van der Waals surface area (Å²) < 4.78 is 5.56. The Labute approximate surface area is 115 Å². The molecule has 0 aromatic heterocycles. The van der Waals surface area contributed by atoms with Gasteiger partial charge in [-0.1, -0.05) is 18.2 Å². The lowest BCUT2D eigenvalue weighted by Gasteiger charge is -2.23. The Kier molecular flexibility index (Phi) is 5.83. The zero-order valence-electron chi connectivity index (χ0n) is 12.3. The molecule has 0 saturated heterocycles. The second-order valence-electron chi connectivity index (χ2n) is 5.58. The first-order valence-corrected chi connectivity index (χ1v) is 6.55.